The fourth-order valence-electron chi connectivity index (χ4n) is 2.10. The van der Waals surface area contributed by atoms with Gasteiger partial charge < -0.3 is 15.3 Å². The van der Waals surface area contributed by atoms with Gasteiger partial charge in [0.1, 0.15) is 0 Å². The second-order valence-corrected chi connectivity index (χ2v) is 6.16. The molecule has 108 valence electrons. The third-order valence-electron chi connectivity index (χ3n) is 3.40. The molecule has 3 nitrogen and oxygen atoms in total. The van der Waals surface area contributed by atoms with Gasteiger partial charge in [0.05, 0.1) is 0 Å². The van der Waals surface area contributed by atoms with Crippen molar-refractivity contribution < 1.29 is 5.11 Å². The van der Waals surface area contributed by atoms with Gasteiger partial charge >= 0.3 is 0 Å². The molecule has 1 rings (SSSR count). The summed E-state index contributed by atoms with van der Waals surface area (Å²) in [6.07, 6.45) is 1.93. The van der Waals surface area contributed by atoms with Crippen LogP contribution >= 0.6 is 0 Å². The van der Waals surface area contributed by atoms with E-state index >= 15 is 0 Å². The number of anilines is 1. The molecule has 0 amide bonds. The number of aliphatic hydroxyl groups excluding tert-OH is 1. The second kappa shape index (κ2) is 7.51. The largest absolute Gasteiger partial charge is 0.396 e. The van der Waals surface area contributed by atoms with Gasteiger partial charge in [-0.15, -0.1) is 0 Å². The standard InChI is InChI=1S/C16H28N2O/c1-16(2,10-5-11-19)13-17-12-14-6-8-15(9-7-14)18(3)4/h6-9,17,19H,5,10-13H2,1-4H3. The first-order valence-electron chi connectivity index (χ1n) is 7.02. The highest BCUT2D eigenvalue weighted by Crippen LogP contribution is 2.21. The maximum atomic E-state index is 8.88. The number of nitrogens with zero attached hydrogens (tertiary/aromatic N) is 1. The minimum atomic E-state index is 0.242. The zero-order valence-corrected chi connectivity index (χ0v) is 12.7. The summed E-state index contributed by atoms with van der Waals surface area (Å²) >= 11 is 0. The summed E-state index contributed by atoms with van der Waals surface area (Å²) < 4.78 is 0. The van der Waals surface area contributed by atoms with Crippen molar-refractivity contribution >= 4 is 5.69 Å². The lowest BCUT2D eigenvalue weighted by molar-refractivity contribution is 0.236. The molecule has 0 aliphatic rings. The van der Waals surface area contributed by atoms with Crippen molar-refractivity contribution in [3.63, 3.8) is 0 Å². The van der Waals surface area contributed by atoms with Crippen molar-refractivity contribution in [3.05, 3.63) is 29.8 Å². The van der Waals surface area contributed by atoms with Crippen molar-refractivity contribution in [2.75, 3.05) is 32.1 Å². The molecule has 3 heteroatoms. The Kier molecular flexibility index (Phi) is 6.32. The SMILES string of the molecule is CN(C)c1ccc(CNCC(C)(C)CCCO)cc1. The highest BCUT2D eigenvalue weighted by atomic mass is 16.2. The topological polar surface area (TPSA) is 35.5 Å². The first-order valence-corrected chi connectivity index (χ1v) is 7.02. The quantitative estimate of drug-likeness (QED) is 0.757. The Morgan fingerprint density at radius 1 is 1.16 bits per heavy atom. The molecule has 0 heterocycles. The summed E-state index contributed by atoms with van der Waals surface area (Å²) in [6, 6.07) is 8.63. The number of aliphatic hydroxyl groups is 1. The maximum absolute atomic E-state index is 8.88. The highest BCUT2D eigenvalue weighted by molar-refractivity contribution is 5.45. The molecule has 0 aliphatic carbocycles. The van der Waals surface area contributed by atoms with Gasteiger partial charge in [0.15, 0.2) is 0 Å². The summed E-state index contributed by atoms with van der Waals surface area (Å²) in [5.41, 5.74) is 2.78. The number of nitrogens with one attached hydrogen (secondary N) is 1. The molecule has 0 fully saturated rings. The molecule has 0 unspecified atom stereocenters. The molecule has 0 saturated carbocycles. The normalized spacial score (nSPS) is 11.6. The zero-order chi connectivity index (χ0) is 14.3. The minimum Gasteiger partial charge on any atom is -0.396 e. The third-order valence-corrected chi connectivity index (χ3v) is 3.40. The monoisotopic (exact) mass is 264 g/mol. The van der Waals surface area contributed by atoms with E-state index in [4.69, 9.17) is 5.11 Å². The van der Waals surface area contributed by atoms with E-state index in [0.29, 0.717) is 0 Å². The minimum absolute atomic E-state index is 0.242. The van der Waals surface area contributed by atoms with Gasteiger partial charge in [-0.3, -0.25) is 0 Å². The molecule has 0 atom stereocenters. The van der Waals surface area contributed by atoms with Crippen LogP contribution in [0.25, 0.3) is 0 Å². The number of benzene rings is 1. The van der Waals surface area contributed by atoms with Crippen molar-refractivity contribution in [1.29, 1.82) is 0 Å². The van der Waals surface area contributed by atoms with Crippen LogP contribution in [0.2, 0.25) is 0 Å². The molecule has 1 aromatic carbocycles. The van der Waals surface area contributed by atoms with Gasteiger partial charge in [-0.1, -0.05) is 26.0 Å². The molecule has 0 aromatic heterocycles. The van der Waals surface area contributed by atoms with Crippen LogP contribution in [0.5, 0.6) is 0 Å². The first-order chi connectivity index (χ1) is 8.94. The van der Waals surface area contributed by atoms with Crippen molar-refractivity contribution in [2.24, 2.45) is 5.41 Å². The molecule has 2 N–H and O–H groups in total. The molecular weight excluding hydrogens is 236 g/mol. The van der Waals surface area contributed by atoms with Crippen LogP contribution < -0.4 is 10.2 Å². The number of hydrogen-bond acceptors (Lipinski definition) is 3. The Labute approximate surface area is 117 Å². The van der Waals surface area contributed by atoms with Crippen LogP contribution in [0.4, 0.5) is 5.69 Å². The summed E-state index contributed by atoms with van der Waals surface area (Å²) in [5.74, 6) is 0. The second-order valence-electron chi connectivity index (χ2n) is 6.16. The van der Waals surface area contributed by atoms with Crippen LogP contribution in [0, 0.1) is 5.41 Å². The van der Waals surface area contributed by atoms with Gasteiger partial charge in [-0.2, -0.15) is 0 Å². The lowest BCUT2D eigenvalue weighted by Gasteiger charge is -2.24. The summed E-state index contributed by atoms with van der Waals surface area (Å²) in [6.45, 7) is 6.64. The Hall–Kier alpha value is -1.06. The van der Waals surface area contributed by atoms with Crippen LogP contribution in [-0.4, -0.2) is 32.4 Å². The van der Waals surface area contributed by atoms with Crippen LogP contribution in [0.15, 0.2) is 24.3 Å². The average Bonchev–Trinajstić information content (AvgIpc) is 2.37. The Balaban J connectivity index is 2.36. The van der Waals surface area contributed by atoms with E-state index in [2.05, 4.69) is 62.4 Å². The van der Waals surface area contributed by atoms with E-state index in [9.17, 15) is 0 Å². The summed E-state index contributed by atoms with van der Waals surface area (Å²) in [7, 11) is 4.11. The Bertz CT molecular complexity index is 358. The fourth-order valence-corrected chi connectivity index (χ4v) is 2.10. The zero-order valence-electron chi connectivity index (χ0n) is 12.7. The maximum Gasteiger partial charge on any atom is 0.0431 e. The lowest BCUT2D eigenvalue weighted by Crippen LogP contribution is -2.29. The Morgan fingerprint density at radius 3 is 2.32 bits per heavy atom. The van der Waals surface area contributed by atoms with Crippen molar-refractivity contribution in [3.8, 4) is 0 Å². The predicted molar refractivity (Wildman–Crippen MR) is 82.6 cm³/mol. The predicted octanol–water partition coefficient (Wildman–Crippen LogP) is 2.64. The van der Waals surface area contributed by atoms with Crippen LogP contribution in [0.3, 0.4) is 0 Å². The van der Waals surface area contributed by atoms with Gasteiger partial charge in [-0.05, 0) is 36.0 Å². The molecular formula is C16H28N2O. The summed E-state index contributed by atoms with van der Waals surface area (Å²) in [5, 5.41) is 12.4. The fraction of sp³-hybridized carbons (Fsp3) is 0.625. The Morgan fingerprint density at radius 2 is 1.79 bits per heavy atom. The first kappa shape index (κ1) is 16.0. The number of rotatable bonds is 8. The van der Waals surface area contributed by atoms with Crippen LogP contribution in [0.1, 0.15) is 32.3 Å². The molecule has 0 aliphatic heterocycles. The molecule has 1 aromatic rings. The van der Waals surface area contributed by atoms with E-state index in [1.165, 1.54) is 11.3 Å². The third kappa shape index (κ3) is 6.08. The van der Waals surface area contributed by atoms with E-state index in [1.54, 1.807) is 0 Å². The van der Waals surface area contributed by atoms with Crippen LogP contribution in [-0.2, 0) is 6.54 Å². The average molecular weight is 264 g/mol. The highest BCUT2D eigenvalue weighted by Gasteiger charge is 2.16. The molecule has 0 saturated heterocycles. The van der Waals surface area contributed by atoms with E-state index in [1.807, 2.05) is 0 Å². The van der Waals surface area contributed by atoms with E-state index < -0.39 is 0 Å². The van der Waals surface area contributed by atoms with Crippen molar-refractivity contribution in [2.45, 2.75) is 33.2 Å². The smallest absolute Gasteiger partial charge is 0.0431 e. The van der Waals surface area contributed by atoms with E-state index in [0.717, 1.165) is 25.9 Å². The molecule has 19 heavy (non-hydrogen) atoms. The molecule has 0 spiro atoms. The van der Waals surface area contributed by atoms with Gasteiger partial charge in [0, 0.05) is 39.5 Å². The molecule has 0 radical (unpaired) electrons. The van der Waals surface area contributed by atoms with Gasteiger partial charge in [-0.25, -0.2) is 0 Å². The van der Waals surface area contributed by atoms with Gasteiger partial charge in [0.25, 0.3) is 0 Å². The van der Waals surface area contributed by atoms with E-state index in [-0.39, 0.29) is 12.0 Å². The molecule has 0 bridgehead atoms. The summed E-state index contributed by atoms with van der Waals surface area (Å²) in [4.78, 5) is 2.11. The number of hydrogen-bond donors (Lipinski definition) is 2. The van der Waals surface area contributed by atoms with Gasteiger partial charge in [0.2, 0.25) is 0 Å². The lowest BCUT2D eigenvalue weighted by atomic mass is 9.88. The van der Waals surface area contributed by atoms with Crippen molar-refractivity contribution in [1.82, 2.24) is 5.32 Å².